The van der Waals surface area contributed by atoms with Crippen LogP contribution in [0.3, 0.4) is 0 Å². The third kappa shape index (κ3) is 6.40. The molecular formula is C22H21N3O6S2. The fraction of sp³-hybridized carbons (Fsp3) is 0.0909. The fourth-order valence-electron chi connectivity index (χ4n) is 2.97. The minimum absolute atomic E-state index is 0.182. The van der Waals surface area contributed by atoms with Crippen LogP contribution in [0, 0.1) is 0 Å². The van der Waals surface area contributed by atoms with Gasteiger partial charge in [0.1, 0.15) is 6.54 Å². The number of hydrogen-bond acceptors (Lipinski definition) is 6. The number of benzene rings is 2. The molecule has 0 saturated carbocycles. The molecule has 2 N–H and O–H groups in total. The standard InChI is InChI=1S/C22H21N3O6S2/c1-32(28,29)24-19-8-10-20(11-9-19)33(30,31)25(16-22(26)27)21-5-3-2-4-18(21)7-6-17-12-14-23-15-13-17/h2-15,24H,16H2,1H3,(H,26,27)/b7-6+. The maximum absolute atomic E-state index is 13.4. The van der Waals surface area contributed by atoms with Crippen molar-refractivity contribution in [1.82, 2.24) is 4.98 Å². The van der Waals surface area contributed by atoms with E-state index in [-0.39, 0.29) is 16.3 Å². The monoisotopic (exact) mass is 487 g/mol. The molecule has 33 heavy (non-hydrogen) atoms. The number of carboxylic acid groups (broad SMARTS) is 1. The normalized spacial score (nSPS) is 11.9. The minimum atomic E-state index is -4.28. The highest BCUT2D eigenvalue weighted by Gasteiger charge is 2.28. The van der Waals surface area contributed by atoms with E-state index in [0.29, 0.717) is 5.56 Å². The van der Waals surface area contributed by atoms with Gasteiger partial charge >= 0.3 is 5.97 Å². The van der Waals surface area contributed by atoms with E-state index in [9.17, 15) is 26.7 Å². The largest absolute Gasteiger partial charge is 0.480 e. The van der Waals surface area contributed by atoms with E-state index in [4.69, 9.17) is 0 Å². The number of sulfonamides is 2. The van der Waals surface area contributed by atoms with Crippen LogP contribution in [0.15, 0.2) is 78.0 Å². The first-order chi connectivity index (χ1) is 15.6. The van der Waals surface area contributed by atoms with Crippen molar-refractivity contribution < 1.29 is 26.7 Å². The van der Waals surface area contributed by atoms with Crippen molar-refractivity contribution in [3.05, 3.63) is 84.2 Å². The third-order valence-corrected chi connectivity index (χ3v) is 6.77. The second-order valence-electron chi connectivity index (χ2n) is 6.98. The van der Waals surface area contributed by atoms with Crippen molar-refractivity contribution >= 4 is 49.5 Å². The summed E-state index contributed by atoms with van der Waals surface area (Å²) in [6.07, 6.45) is 7.67. The maximum Gasteiger partial charge on any atom is 0.324 e. The Kier molecular flexibility index (Phi) is 7.14. The summed E-state index contributed by atoms with van der Waals surface area (Å²) in [6, 6.07) is 15.1. The van der Waals surface area contributed by atoms with Crippen LogP contribution < -0.4 is 9.03 Å². The summed E-state index contributed by atoms with van der Waals surface area (Å²) >= 11 is 0. The quantitative estimate of drug-likeness (QED) is 0.474. The molecule has 0 aliphatic carbocycles. The van der Waals surface area contributed by atoms with Crippen molar-refractivity contribution in [2.45, 2.75) is 4.90 Å². The summed E-state index contributed by atoms with van der Waals surface area (Å²) in [5, 5.41) is 9.42. The topological polar surface area (TPSA) is 134 Å². The van der Waals surface area contributed by atoms with Crippen molar-refractivity contribution in [2.24, 2.45) is 0 Å². The Morgan fingerprint density at radius 1 is 0.970 bits per heavy atom. The molecule has 1 aromatic heterocycles. The molecule has 172 valence electrons. The van der Waals surface area contributed by atoms with Gasteiger partial charge in [-0.3, -0.25) is 18.8 Å². The first kappa shape index (κ1) is 24.0. The van der Waals surface area contributed by atoms with Crippen LogP contribution in [-0.4, -0.2) is 45.7 Å². The van der Waals surface area contributed by atoms with Crippen molar-refractivity contribution in [1.29, 1.82) is 0 Å². The van der Waals surface area contributed by atoms with Gasteiger partial charge in [-0.2, -0.15) is 0 Å². The molecule has 0 atom stereocenters. The van der Waals surface area contributed by atoms with E-state index < -0.39 is 32.6 Å². The summed E-state index contributed by atoms with van der Waals surface area (Å²) in [7, 11) is -7.82. The predicted molar refractivity (Wildman–Crippen MR) is 127 cm³/mol. The second kappa shape index (κ2) is 9.84. The van der Waals surface area contributed by atoms with Gasteiger partial charge in [-0.25, -0.2) is 16.8 Å². The van der Waals surface area contributed by atoms with Crippen LogP contribution >= 0.6 is 0 Å². The van der Waals surface area contributed by atoms with Crippen LogP contribution in [0.25, 0.3) is 12.2 Å². The molecular weight excluding hydrogens is 466 g/mol. The van der Waals surface area contributed by atoms with E-state index in [1.54, 1.807) is 54.9 Å². The molecule has 0 aliphatic rings. The van der Waals surface area contributed by atoms with Gasteiger partial charge in [0, 0.05) is 18.1 Å². The lowest BCUT2D eigenvalue weighted by molar-refractivity contribution is -0.135. The van der Waals surface area contributed by atoms with E-state index in [2.05, 4.69) is 9.71 Å². The smallest absolute Gasteiger partial charge is 0.324 e. The average Bonchev–Trinajstić information content (AvgIpc) is 2.76. The van der Waals surface area contributed by atoms with Crippen molar-refractivity contribution in [3.8, 4) is 0 Å². The van der Waals surface area contributed by atoms with Crippen LogP contribution in [0.4, 0.5) is 11.4 Å². The van der Waals surface area contributed by atoms with Crippen LogP contribution in [-0.2, 0) is 24.8 Å². The highest BCUT2D eigenvalue weighted by Crippen LogP contribution is 2.29. The first-order valence-electron chi connectivity index (χ1n) is 9.56. The summed E-state index contributed by atoms with van der Waals surface area (Å²) in [5.41, 5.74) is 1.70. The van der Waals surface area contributed by atoms with Gasteiger partial charge in [0.05, 0.1) is 16.8 Å². The van der Waals surface area contributed by atoms with Gasteiger partial charge in [-0.1, -0.05) is 30.4 Å². The first-order valence-corrected chi connectivity index (χ1v) is 12.9. The summed E-state index contributed by atoms with van der Waals surface area (Å²) < 4.78 is 52.6. The molecule has 0 bridgehead atoms. The number of nitrogens with one attached hydrogen (secondary N) is 1. The van der Waals surface area contributed by atoms with Gasteiger partial charge in [0.15, 0.2) is 0 Å². The lowest BCUT2D eigenvalue weighted by Crippen LogP contribution is -2.36. The Morgan fingerprint density at radius 3 is 2.21 bits per heavy atom. The van der Waals surface area contributed by atoms with Gasteiger partial charge in [0.2, 0.25) is 10.0 Å². The van der Waals surface area contributed by atoms with Crippen LogP contribution in [0.5, 0.6) is 0 Å². The molecule has 0 fully saturated rings. The molecule has 0 saturated heterocycles. The summed E-state index contributed by atoms with van der Waals surface area (Å²) in [5.74, 6) is -1.33. The molecule has 0 unspecified atom stereocenters. The van der Waals surface area contributed by atoms with Gasteiger partial charge < -0.3 is 5.11 Å². The highest BCUT2D eigenvalue weighted by atomic mass is 32.2. The Morgan fingerprint density at radius 2 is 1.61 bits per heavy atom. The number of anilines is 2. The number of rotatable bonds is 9. The molecule has 11 heteroatoms. The van der Waals surface area contributed by atoms with E-state index in [0.717, 1.165) is 16.1 Å². The third-order valence-electron chi connectivity index (χ3n) is 4.39. The zero-order valence-corrected chi connectivity index (χ0v) is 19.1. The summed E-state index contributed by atoms with van der Waals surface area (Å²) in [4.78, 5) is 15.3. The van der Waals surface area contributed by atoms with Crippen molar-refractivity contribution in [2.75, 3.05) is 21.8 Å². The zero-order valence-electron chi connectivity index (χ0n) is 17.5. The lowest BCUT2D eigenvalue weighted by atomic mass is 10.1. The predicted octanol–water partition coefficient (Wildman–Crippen LogP) is 2.90. The number of aromatic nitrogens is 1. The molecule has 0 spiro atoms. The number of nitrogens with zero attached hydrogens (tertiary/aromatic N) is 2. The fourth-order valence-corrected chi connectivity index (χ4v) is 4.98. The SMILES string of the molecule is CS(=O)(=O)Nc1ccc(S(=O)(=O)N(CC(=O)O)c2ccccc2/C=C/c2ccncc2)cc1. The minimum Gasteiger partial charge on any atom is -0.480 e. The Hall–Kier alpha value is -3.70. The number of carbonyl (C=O) groups is 1. The lowest BCUT2D eigenvalue weighted by Gasteiger charge is -2.24. The molecule has 2 aromatic carbocycles. The Bertz CT molecular complexity index is 1370. The maximum atomic E-state index is 13.4. The zero-order chi connectivity index (χ0) is 24.1. The molecule has 1 heterocycles. The van der Waals surface area contributed by atoms with Crippen LogP contribution in [0.1, 0.15) is 11.1 Å². The number of carboxylic acids is 1. The molecule has 3 aromatic rings. The number of para-hydroxylation sites is 1. The van der Waals surface area contributed by atoms with Gasteiger partial charge in [-0.05, 0) is 53.6 Å². The highest BCUT2D eigenvalue weighted by molar-refractivity contribution is 7.93. The van der Waals surface area contributed by atoms with E-state index in [1.807, 2.05) is 0 Å². The number of aliphatic carboxylic acids is 1. The number of hydrogen-bond donors (Lipinski definition) is 2. The van der Waals surface area contributed by atoms with Gasteiger partial charge in [0.25, 0.3) is 10.0 Å². The Balaban J connectivity index is 2.02. The van der Waals surface area contributed by atoms with Crippen molar-refractivity contribution in [3.63, 3.8) is 0 Å². The van der Waals surface area contributed by atoms with Crippen LogP contribution in [0.2, 0.25) is 0 Å². The molecule has 9 nitrogen and oxygen atoms in total. The molecule has 0 radical (unpaired) electrons. The summed E-state index contributed by atoms with van der Waals surface area (Å²) in [6.45, 7) is -0.800. The molecule has 0 aliphatic heterocycles. The molecule has 0 amide bonds. The van der Waals surface area contributed by atoms with Gasteiger partial charge in [-0.15, -0.1) is 0 Å². The second-order valence-corrected chi connectivity index (χ2v) is 10.6. The van der Waals surface area contributed by atoms with E-state index >= 15 is 0 Å². The number of pyridine rings is 1. The molecule has 3 rings (SSSR count). The van der Waals surface area contributed by atoms with E-state index in [1.165, 1.54) is 30.3 Å². The average molecular weight is 488 g/mol. The Labute approximate surface area is 192 Å².